The Kier molecular flexibility index (Phi) is 8.03. The molecule has 2 atom stereocenters. The van der Waals surface area contributed by atoms with Gasteiger partial charge in [-0.1, -0.05) is 41.9 Å². The summed E-state index contributed by atoms with van der Waals surface area (Å²) in [4.78, 5) is 35.6. The van der Waals surface area contributed by atoms with Crippen LogP contribution in [0, 0.1) is 0 Å². The van der Waals surface area contributed by atoms with Gasteiger partial charge in [0.15, 0.2) is 0 Å². The van der Waals surface area contributed by atoms with E-state index in [-0.39, 0.29) is 18.4 Å². The number of carbonyl (C=O) groups is 3. The van der Waals surface area contributed by atoms with Crippen molar-refractivity contribution in [2.75, 3.05) is 12.4 Å². The highest BCUT2D eigenvalue weighted by Crippen LogP contribution is 2.25. The number of rotatable bonds is 7. The van der Waals surface area contributed by atoms with Crippen molar-refractivity contribution in [2.45, 2.75) is 32.4 Å². The molecule has 0 aromatic heterocycles. The lowest BCUT2D eigenvalue weighted by molar-refractivity contribution is -0.141. The van der Waals surface area contributed by atoms with Gasteiger partial charge < -0.3 is 20.7 Å². The number of esters is 1. The molecule has 154 valence electrons. The molecule has 0 heterocycles. The number of carbonyl (C=O) groups excluding carboxylic acids is 3. The van der Waals surface area contributed by atoms with Crippen LogP contribution in [0.15, 0.2) is 48.5 Å². The molecule has 0 radical (unpaired) electrons. The van der Waals surface area contributed by atoms with Crippen molar-refractivity contribution in [1.82, 2.24) is 10.6 Å². The molecule has 2 aromatic rings. The molecule has 2 rings (SSSR count). The first-order valence-corrected chi connectivity index (χ1v) is 9.43. The Morgan fingerprint density at radius 2 is 1.79 bits per heavy atom. The van der Waals surface area contributed by atoms with Crippen molar-refractivity contribution in [3.63, 3.8) is 0 Å². The number of methoxy groups -OCH3 is 1. The Morgan fingerprint density at radius 1 is 1.07 bits per heavy atom. The number of benzene rings is 2. The average Bonchev–Trinajstić information content (AvgIpc) is 2.67. The van der Waals surface area contributed by atoms with Crippen molar-refractivity contribution < 1.29 is 19.1 Å². The molecule has 0 fully saturated rings. The molecule has 29 heavy (non-hydrogen) atoms. The van der Waals surface area contributed by atoms with E-state index in [1.807, 2.05) is 13.0 Å². The van der Waals surface area contributed by atoms with Crippen LogP contribution in [-0.4, -0.2) is 25.0 Å². The van der Waals surface area contributed by atoms with Gasteiger partial charge in [0.25, 0.3) is 0 Å². The van der Waals surface area contributed by atoms with E-state index in [1.165, 1.54) is 14.0 Å². The maximum Gasteiger partial charge on any atom is 0.315 e. The summed E-state index contributed by atoms with van der Waals surface area (Å²) in [5.74, 6) is -0.642. The second-order valence-electron chi connectivity index (χ2n) is 6.50. The third kappa shape index (κ3) is 6.80. The lowest BCUT2D eigenvalue weighted by Crippen LogP contribution is -2.40. The highest BCUT2D eigenvalue weighted by Gasteiger charge is 2.22. The van der Waals surface area contributed by atoms with Gasteiger partial charge in [-0.15, -0.1) is 0 Å². The first-order valence-electron chi connectivity index (χ1n) is 9.06. The van der Waals surface area contributed by atoms with E-state index >= 15 is 0 Å². The number of urea groups is 1. The normalized spacial score (nSPS) is 12.4. The van der Waals surface area contributed by atoms with Crippen LogP contribution in [-0.2, 0) is 14.3 Å². The summed E-state index contributed by atoms with van der Waals surface area (Å²) in [7, 11) is 1.29. The number of anilines is 1. The van der Waals surface area contributed by atoms with Gasteiger partial charge in [-0.2, -0.15) is 0 Å². The molecule has 2 aromatic carbocycles. The molecule has 0 aliphatic rings. The van der Waals surface area contributed by atoms with Crippen molar-refractivity contribution in [2.24, 2.45) is 0 Å². The van der Waals surface area contributed by atoms with Gasteiger partial charge in [-0.25, -0.2) is 4.79 Å². The SMILES string of the molecule is COC(=O)CC(NC(=O)NC(C)c1cccc(NC(C)=O)c1)c1ccccc1Cl. The summed E-state index contributed by atoms with van der Waals surface area (Å²) in [6.45, 7) is 3.25. The van der Waals surface area contributed by atoms with Crippen LogP contribution in [0.3, 0.4) is 0 Å². The molecule has 0 aliphatic heterocycles. The Balaban J connectivity index is 2.10. The summed E-state index contributed by atoms with van der Waals surface area (Å²) < 4.78 is 4.73. The molecule has 0 aliphatic carbocycles. The summed E-state index contributed by atoms with van der Waals surface area (Å²) in [6, 6.07) is 12.7. The second-order valence-corrected chi connectivity index (χ2v) is 6.91. The number of halogens is 1. The molecule has 0 saturated carbocycles. The Morgan fingerprint density at radius 3 is 2.45 bits per heavy atom. The Labute approximate surface area is 174 Å². The van der Waals surface area contributed by atoms with E-state index in [4.69, 9.17) is 16.3 Å². The minimum atomic E-state index is -0.644. The smallest absolute Gasteiger partial charge is 0.315 e. The molecule has 3 amide bonds. The summed E-state index contributed by atoms with van der Waals surface area (Å²) in [5.41, 5.74) is 2.08. The van der Waals surface area contributed by atoms with Gasteiger partial charge in [0.1, 0.15) is 0 Å². The lowest BCUT2D eigenvalue weighted by atomic mass is 10.0. The van der Waals surface area contributed by atoms with Gasteiger partial charge in [0.05, 0.1) is 25.6 Å². The topological polar surface area (TPSA) is 96.5 Å². The molecule has 7 nitrogen and oxygen atoms in total. The molecule has 8 heteroatoms. The van der Waals surface area contributed by atoms with Crippen molar-refractivity contribution in [1.29, 1.82) is 0 Å². The van der Waals surface area contributed by atoms with Crippen molar-refractivity contribution >= 4 is 35.2 Å². The van der Waals surface area contributed by atoms with Crippen molar-refractivity contribution in [3.05, 3.63) is 64.7 Å². The number of amides is 3. The first-order chi connectivity index (χ1) is 13.8. The highest BCUT2D eigenvalue weighted by atomic mass is 35.5. The van der Waals surface area contributed by atoms with E-state index in [1.54, 1.807) is 42.5 Å². The van der Waals surface area contributed by atoms with Gasteiger partial charge in [-0.3, -0.25) is 9.59 Å². The zero-order chi connectivity index (χ0) is 21.4. The van der Waals surface area contributed by atoms with Gasteiger partial charge >= 0.3 is 12.0 Å². The van der Waals surface area contributed by atoms with Gasteiger partial charge in [0, 0.05) is 17.6 Å². The van der Waals surface area contributed by atoms with E-state index in [2.05, 4.69) is 16.0 Å². The Hall–Kier alpha value is -3.06. The molecular formula is C21H24ClN3O4. The van der Waals surface area contributed by atoms with E-state index in [0.29, 0.717) is 16.3 Å². The molecule has 0 spiro atoms. The first kappa shape index (κ1) is 22.2. The summed E-state index contributed by atoms with van der Waals surface area (Å²) >= 11 is 6.23. The number of hydrogen-bond acceptors (Lipinski definition) is 4. The maximum atomic E-state index is 12.6. The van der Waals surface area contributed by atoms with E-state index in [9.17, 15) is 14.4 Å². The molecule has 2 unspecified atom stereocenters. The van der Waals surface area contributed by atoms with E-state index in [0.717, 1.165) is 5.56 Å². The standard InChI is InChI=1S/C21H24ClN3O4/c1-13(15-7-6-8-16(11-15)24-14(2)26)23-21(28)25-19(12-20(27)29-3)17-9-4-5-10-18(17)22/h4-11,13,19H,12H2,1-3H3,(H,24,26)(H2,23,25,28). The molecule has 0 bridgehead atoms. The fraction of sp³-hybridized carbons (Fsp3) is 0.286. The summed E-state index contributed by atoms with van der Waals surface area (Å²) in [5, 5.41) is 8.76. The summed E-state index contributed by atoms with van der Waals surface area (Å²) in [6.07, 6.45) is -0.0555. The maximum absolute atomic E-state index is 12.6. The predicted molar refractivity (Wildman–Crippen MR) is 112 cm³/mol. The number of hydrogen-bond donors (Lipinski definition) is 3. The van der Waals surface area contributed by atoms with Crippen LogP contribution in [0.2, 0.25) is 5.02 Å². The fourth-order valence-electron chi connectivity index (χ4n) is 2.82. The number of nitrogens with one attached hydrogen (secondary N) is 3. The second kappa shape index (κ2) is 10.5. The largest absolute Gasteiger partial charge is 0.469 e. The third-order valence-electron chi connectivity index (χ3n) is 4.24. The van der Waals surface area contributed by atoms with Gasteiger partial charge in [0.2, 0.25) is 5.91 Å². The monoisotopic (exact) mass is 417 g/mol. The van der Waals surface area contributed by atoms with Crippen LogP contribution in [0.1, 0.15) is 43.5 Å². The zero-order valence-electron chi connectivity index (χ0n) is 16.5. The van der Waals surface area contributed by atoms with Crippen LogP contribution >= 0.6 is 11.6 Å². The van der Waals surface area contributed by atoms with E-state index < -0.39 is 18.0 Å². The van der Waals surface area contributed by atoms with Crippen LogP contribution in [0.5, 0.6) is 0 Å². The predicted octanol–water partition coefficient (Wildman–Crippen LogP) is 3.96. The van der Waals surface area contributed by atoms with Crippen LogP contribution < -0.4 is 16.0 Å². The minimum Gasteiger partial charge on any atom is -0.469 e. The number of ether oxygens (including phenoxy) is 1. The molecular weight excluding hydrogens is 394 g/mol. The third-order valence-corrected chi connectivity index (χ3v) is 4.58. The average molecular weight is 418 g/mol. The zero-order valence-corrected chi connectivity index (χ0v) is 17.2. The van der Waals surface area contributed by atoms with Gasteiger partial charge in [-0.05, 0) is 36.2 Å². The van der Waals surface area contributed by atoms with Crippen LogP contribution in [0.25, 0.3) is 0 Å². The van der Waals surface area contributed by atoms with Crippen LogP contribution in [0.4, 0.5) is 10.5 Å². The Bertz CT molecular complexity index is 888. The highest BCUT2D eigenvalue weighted by molar-refractivity contribution is 6.31. The molecule has 0 saturated heterocycles. The quantitative estimate of drug-likeness (QED) is 0.594. The fourth-order valence-corrected chi connectivity index (χ4v) is 3.08. The van der Waals surface area contributed by atoms with Crippen molar-refractivity contribution in [3.8, 4) is 0 Å². The minimum absolute atomic E-state index is 0.0555. The molecule has 3 N–H and O–H groups in total. The lowest BCUT2D eigenvalue weighted by Gasteiger charge is -2.22.